The number of hydrogen-bond acceptors (Lipinski definition) is 8. The number of aromatic nitrogens is 1. The van der Waals surface area contributed by atoms with Crippen molar-refractivity contribution in [1.82, 2.24) is 14.6 Å². The number of ether oxygens (including phenoxy) is 1. The summed E-state index contributed by atoms with van der Waals surface area (Å²) in [7, 11) is -2.88. The van der Waals surface area contributed by atoms with Crippen molar-refractivity contribution in [3.63, 3.8) is 0 Å². The predicted molar refractivity (Wildman–Crippen MR) is 174 cm³/mol. The van der Waals surface area contributed by atoms with Crippen molar-refractivity contribution in [3.8, 4) is 5.88 Å². The van der Waals surface area contributed by atoms with E-state index in [2.05, 4.69) is 15.6 Å². The maximum atomic E-state index is 15.2. The number of nitrogens with one attached hydrogen (secondary N) is 2. The molecule has 238 valence electrons. The molecule has 5 rings (SSSR count). The number of pyridine rings is 1. The summed E-state index contributed by atoms with van der Waals surface area (Å²) in [4.78, 5) is 18.1. The van der Waals surface area contributed by atoms with Crippen LogP contribution in [0.1, 0.15) is 55.7 Å². The molecule has 2 aromatic carbocycles. The van der Waals surface area contributed by atoms with Gasteiger partial charge in [-0.25, -0.2) is 13.7 Å². The lowest BCUT2D eigenvalue weighted by atomic mass is 9.85. The molecule has 3 heterocycles. The van der Waals surface area contributed by atoms with Crippen molar-refractivity contribution in [2.45, 2.75) is 69.7 Å². The van der Waals surface area contributed by atoms with Gasteiger partial charge in [-0.05, 0) is 74.9 Å². The Bertz CT molecular complexity index is 1430. The monoisotopic (exact) mass is 645 g/mol. The molecule has 44 heavy (non-hydrogen) atoms. The van der Waals surface area contributed by atoms with Crippen LogP contribution in [0.5, 0.6) is 5.88 Å². The Hall–Kier alpha value is -2.77. The second kappa shape index (κ2) is 14.1. The van der Waals surface area contributed by atoms with E-state index in [0.717, 1.165) is 18.4 Å². The van der Waals surface area contributed by atoms with E-state index in [1.165, 1.54) is 6.07 Å². The third kappa shape index (κ3) is 7.71. The Labute approximate surface area is 264 Å². The second-order valence-corrected chi connectivity index (χ2v) is 14.4. The number of rotatable bonds is 10. The fourth-order valence-electron chi connectivity index (χ4n) is 6.05. The van der Waals surface area contributed by atoms with Gasteiger partial charge >= 0.3 is 0 Å². The number of amides is 1. The van der Waals surface area contributed by atoms with E-state index in [0.29, 0.717) is 59.4 Å². The number of carbonyl (C=O) groups excluding carboxylic acids is 1. The van der Waals surface area contributed by atoms with Gasteiger partial charge in [0.05, 0.1) is 17.9 Å². The minimum atomic E-state index is -2.88. The van der Waals surface area contributed by atoms with E-state index < -0.39 is 34.5 Å². The Balaban J connectivity index is 1.35. The first kappa shape index (κ1) is 32.6. The van der Waals surface area contributed by atoms with Crippen LogP contribution in [0.2, 0.25) is 5.02 Å². The largest absolute Gasteiger partial charge is 0.475 e. The van der Waals surface area contributed by atoms with Gasteiger partial charge in [-0.1, -0.05) is 35.9 Å². The number of nitrogens with zero attached hydrogens (tertiary/aromatic N) is 2. The highest BCUT2D eigenvalue weighted by Gasteiger charge is 2.38. The smallest absolute Gasteiger partial charge is 0.242 e. The van der Waals surface area contributed by atoms with Gasteiger partial charge in [-0.3, -0.25) is 13.9 Å². The van der Waals surface area contributed by atoms with Crippen LogP contribution >= 0.6 is 22.4 Å². The fourth-order valence-corrected chi connectivity index (χ4v) is 8.04. The standard InChI is InChI=1S/C32H41ClFN5O4S/c1-20(2)43-29-15-10-22(17-37-29)30(21-8-11-23(33)12-9-21)31(35)32(40)38-28-7-3-6-27(34)26(28)14-13-25-18-36-24-5-4-16-44(41,42)39(25)19-24/h3,6-12,15,17,20,24-25,30-31,36,41-42H,4-5,13-14,16,18-19,35H2,1-2H3,(H,38,40)/t24-,25+,30+,31+/m1/s1. The van der Waals surface area contributed by atoms with E-state index in [1.807, 2.05) is 32.0 Å². The summed E-state index contributed by atoms with van der Waals surface area (Å²) in [5.41, 5.74) is 8.82. The third-order valence-corrected chi connectivity index (χ3v) is 10.6. The molecule has 9 nitrogen and oxygen atoms in total. The number of piperazine rings is 1. The third-order valence-electron chi connectivity index (χ3n) is 8.27. The summed E-state index contributed by atoms with van der Waals surface area (Å²) in [5, 5.41) is 6.93. The SMILES string of the molecule is CC(C)Oc1ccc([C@H](c2ccc(Cl)cc2)[C@H](N)C(=O)Nc2cccc(F)c2CC[C@H]2CN[C@@H]3CCCS(O)(O)N2C3)cn1. The van der Waals surface area contributed by atoms with Crippen molar-refractivity contribution < 1.29 is 23.0 Å². The first-order chi connectivity index (χ1) is 21.0. The average Bonchev–Trinajstić information content (AvgIpc) is 3.10. The molecule has 2 fully saturated rings. The lowest BCUT2D eigenvalue weighted by Crippen LogP contribution is -2.55. The molecule has 2 bridgehead atoms. The van der Waals surface area contributed by atoms with E-state index in [4.69, 9.17) is 22.1 Å². The van der Waals surface area contributed by atoms with Gasteiger partial charge in [0.1, 0.15) is 5.82 Å². The van der Waals surface area contributed by atoms with Gasteiger partial charge in [0, 0.05) is 59.6 Å². The molecule has 2 aliphatic rings. The summed E-state index contributed by atoms with van der Waals surface area (Å²) in [6.45, 7) is 4.96. The topological polar surface area (TPSA) is 133 Å². The summed E-state index contributed by atoms with van der Waals surface area (Å²) < 4.78 is 44.3. The van der Waals surface area contributed by atoms with E-state index in [1.54, 1.807) is 40.8 Å². The zero-order chi connectivity index (χ0) is 31.4. The quantitative estimate of drug-likeness (QED) is 0.187. The molecular weight excluding hydrogens is 605 g/mol. The summed E-state index contributed by atoms with van der Waals surface area (Å²) in [5.74, 6) is -0.688. The van der Waals surface area contributed by atoms with Gasteiger partial charge < -0.3 is 21.1 Å². The van der Waals surface area contributed by atoms with Gasteiger partial charge in [0.2, 0.25) is 11.8 Å². The van der Waals surface area contributed by atoms with Crippen LogP contribution in [0.4, 0.5) is 10.1 Å². The zero-order valence-corrected chi connectivity index (χ0v) is 26.5. The molecule has 0 radical (unpaired) electrons. The highest BCUT2D eigenvalue weighted by molar-refractivity contribution is 8.22. The van der Waals surface area contributed by atoms with Crippen molar-refractivity contribution in [2.24, 2.45) is 5.73 Å². The number of nitrogens with two attached hydrogens (primary N) is 1. The van der Waals surface area contributed by atoms with Crippen LogP contribution in [-0.4, -0.2) is 67.4 Å². The van der Waals surface area contributed by atoms with Gasteiger partial charge in [0.15, 0.2) is 0 Å². The van der Waals surface area contributed by atoms with Gasteiger partial charge in [-0.15, -0.1) is 10.8 Å². The molecule has 3 aromatic rings. The van der Waals surface area contributed by atoms with Gasteiger partial charge in [-0.2, -0.15) is 0 Å². The van der Waals surface area contributed by atoms with Crippen LogP contribution in [0.15, 0.2) is 60.8 Å². The second-order valence-electron chi connectivity index (χ2n) is 11.8. The fraction of sp³-hybridized carbons (Fsp3) is 0.438. The highest BCUT2D eigenvalue weighted by Crippen LogP contribution is 2.49. The molecule has 2 aliphatic heterocycles. The minimum Gasteiger partial charge on any atom is -0.475 e. The number of benzene rings is 2. The maximum absolute atomic E-state index is 15.2. The first-order valence-corrected chi connectivity index (χ1v) is 17.0. The van der Waals surface area contributed by atoms with Crippen LogP contribution < -0.4 is 21.1 Å². The van der Waals surface area contributed by atoms with Gasteiger partial charge in [0.25, 0.3) is 0 Å². The number of hydrogen-bond donors (Lipinski definition) is 5. The molecular formula is C32H41ClFN5O4S. The average molecular weight is 646 g/mol. The minimum absolute atomic E-state index is 0.0411. The van der Waals surface area contributed by atoms with Crippen molar-refractivity contribution in [3.05, 3.63) is 88.3 Å². The van der Waals surface area contributed by atoms with E-state index in [9.17, 15) is 13.9 Å². The van der Waals surface area contributed by atoms with Crippen molar-refractivity contribution in [2.75, 3.05) is 24.2 Å². The van der Waals surface area contributed by atoms with Crippen LogP contribution in [0.3, 0.4) is 0 Å². The molecule has 2 saturated heterocycles. The predicted octanol–water partition coefficient (Wildman–Crippen LogP) is 5.79. The normalized spacial score (nSPS) is 23.3. The molecule has 1 amide bonds. The van der Waals surface area contributed by atoms with E-state index in [-0.39, 0.29) is 18.2 Å². The van der Waals surface area contributed by atoms with Crippen LogP contribution in [0, 0.1) is 5.82 Å². The Morgan fingerprint density at radius 3 is 2.66 bits per heavy atom. The maximum Gasteiger partial charge on any atom is 0.242 e. The molecule has 1 aromatic heterocycles. The number of carbonyl (C=O) groups is 1. The molecule has 1 unspecified atom stereocenters. The van der Waals surface area contributed by atoms with Crippen LogP contribution in [-0.2, 0) is 11.2 Å². The number of anilines is 1. The lowest BCUT2D eigenvalue weighted by Gasteiger charge is -2.49. The molecule has 0 spiro atoms. The molecule has 0 saturated carbocycles. The zero-order valence-electron chi connectivity index (χ0n) is 25.0. The molecule has 12 heteroatoms. The molecule has 5 atom stereocenters. The number of halogens is 2. The Morgan fingerprint density at radius 1 is 1.20 bits per heavy atom. The van der Waals surface area contributed by atoms with Crippen LogP contribution in [0.25, 0.3) is 0 Å². The van der Waals surface area contributed by atoms with Crippen molar-refractivity contribution >= 4 is 34.0 Å². The summed E-state index contributed by atoms with van der Waals surface area (Å²) >= 11 is 6.14. The first-order valence-electron chi connectivity index (χ1n) is 15.0. The Morgan fingerprint density at radius 2 is 1.95 bits per heavy atom. The summed E-state index contributed by atoms with van der Waals surface area (Å²) in [6.07, 6.45) is 4.02. The lowest BCUT2D eigenvalue weighted by molar-refractivity contribution is -0.117. The molecule has 0 aliphatic carbocycles. The van der Waals surface area contributed by atoms with Crippen molar-refractivity contribution in [1.29, 1.82) is 0 Å². The van der Waals surface area contributed by atoms with E-state index >= 15 is 4.39 Å². The molecule has 6 N–H and O–H groups in total. The number of fused-ring (bicyclic) bond motifs is 2. The highest BCUT2D eigenvalue weighted by atomic mass is 35.5. The Kier molecular flexibility index (Phi) is 10.5. The summed E-state index contributed by atoms with van der Waals surface area (Å²) in [6, 6.07) is 14.3.